The Hall–Kier alpha value is -2.75. The van der Waals surface area contributed by atoms with Crippen molar-refractivity contribution in [2.75, 3.05) is 11.9 Å². The molecule has 2 aromatic rings. The highest BCUT2D eigenvalue weighted by molar-refractivity contribution is 5.94. The van der Waals surface area contributed by atoms with Crippen LogP contribution in [0, 0.1) is 13.8 Å². The Kier molecular flexibility index (Phi) is 6.63. The van der Waals surface area contributed by atoms with Gasteiger partial charge in [0.15, 0.2) is 6.10 Å². The second kappa shape index (κ2) is 8.92. The second-order valence-corrected chi connectivity index (χ2v) is 5.88. The van der Waals surface area contributed by atoms with Crippen LogP contribution in [0.25, 0.3) is 0 Å². The van der Waals surface area contributed by atoms with Gasteiger partial charge in [-0.05, 0) is 55.7 Å². The summed E-state index contributed by atoms with van der Waals surface area (Å²) in [6, 6.07) is 13.1. The van der Waals surface area contributed by atoms with Gasteiger partial charge in [-0.25, -0.2) is 0 Å². The Morgan fingerprint density at radius 3 is 2.64 bits per heavy atom. The summed E-state index contributed by atoms with van der Waals surface area (Å²) in [7, 11) is 0. The number of carbonyl (C=O) groups excluding carboxylic acids is 1. The molecule has 2 aromatic carbocycles. The van der Waals surface area contributed by atoms with Crippen LogP contribution in [0.5, 0.6) is 11.5 Å². The van der Waals surface area contributed by atoms with Gasteiger partial charge in [0.2, 0.25) is 0 Å². The zero-order chi connectivity index (χ0) is 18.2. The standard InChI is InChI=1S/C21H25NO3/c1-5-12-24-18-9-7-8-17(14-18)22-21(23)20(6-2)25-19-11-10-15(3)16(4)13-19/h5,7-11,13-14,20H,1,6,12H2,2-4H3,(H,22,23)/t20-/m0/s1. The zero-order valence-corrected chi connectivity index (χ0v) is 15.0. The Morgan fingerprint density at radius 2 is 1.96 bits per heavy atom. The summed E-state index contributed by atoms with van der Waals surface area (Å²) in [5, 5.41) is 2.89. The number of hydrogen-bond acceptors (Lipinski definition) is 3. The third-order valence-corrected chi connectivity index (χ3v) is 3.89. The molecule has 0 fully saturated rings. The van der Waals surface area contributed by atoms with Crippen LogP contribution < -0.4 is 14.8 Å². The van der Waals surface area contributed by atoms with Crippen LogP contribution in [0.2, 0.25) is 0 Å². The minimum atomic E-state index is -0.556. The average Bonchev–Trinajstić information content (AvgIpc) is 2.61. The molecular formula is C21H25NO3. The molecule has 4 heteroatoms. The van der Waals surface area contributed by atoms with Crippen LogP contribution in [-0.4, -0.2) is 18.6 Å². The minimum Gasteiger partial charge on any atom is -0.489 e. The van der Waals surface area contributed by atoms with Gasteiger partial charge in [-0.15, -0.1) is 0 Å². The van der Waals surface area contributed by atoms with Crippen LogP contribution in [-0.2, 0) is 4.79 Å². The number of anilines is 1. The van der Waals surface area contributed by atoms with Crippen LogP contribution in [0.4, 0.5) is 5.69 Å². The number of amides is 1. The highest BCUT2D eigenvalue weighted by Crippen LogP contribution is 2.21. The largest absolute Gasteiger partial charge is 0.489 e. The summed E-state index contributed by atoms with van der Waals surface area (Å²) < 4.78 is 11.4. The van der Waals surface area contributed by atoms with Crippen LogP contribution >= 0.6 is 0 Å². The summed E-state index contributed by atoms with van der Waals surface area (Å²) in [5.41, 5.74) is 3.01. The van der Waals surface area contributed by atoms with Crippen LogP contribution in [0.3, 0.4) is 0 Å². The predicted molar refractivity (Wildman–Crippen MR) is 101 cm³/mol. The number of rotatable bonds is 8. The van der Waals surface area contributed by atoms with Gasteiger partial charge >= 0.3 is 0 Å². The first-order valence-corrected chi connectivity index (χ1v) is 8.42. The third kappa shape index (κ3) is 5.38. The topological polar surface area (TPSA) is 47.6 Å². The molecule has 1 N–H and O–H groups in total. The molecular weight excluding hydrogens is 314 g/mol. The molecule has 25 heavy (non-hydrogen) atoms. The molecule has 4 nitrogen and oxygen atoms in total. The fourth-order valence-electron chi connectivity index (χ4n) is 2.32. The molecule has 0 aliphatic rings. The van der Waals surface area contributed by atoms with Gasteiger partial charge in [-0.2, -0.15) is 0 Å². The molecule has 0 aliphatic carbocycles. The maximum atomic E-state index is 12.5. The Morgan fingerprint density at radius 1 is 1.16 bits per heavy atom. The van der Waals surface area contributed by atoms with Gasteiger partial charge in [0.25, 0.3) is 5.91 Å². The molecule has 0 spiro atoms. The third-order valence-electron chi connectivity index (χ3n) is 3.89. The van der Waals surface area contributed by atoms with Gasteiger partial charge in [0, 0.05) is 11.8 Å². The molecule has 0 unspecified atom stereocenters. The molecule has 1 amide bonds. The number of carbonyl (C=O) groups is 1. The number of hydrogen-bond donors (Lipinski definition) is 1. The number of nitrogens with one attached hydrogen (secondary N) is 1. The lowest BCUT2D eigenvalue weighted by molar-refractivity contribution is -0.122. The Labute approximate surface area is 149 Å². The number of ether oxygens (including phenoxy) is 2. The van der Waals surface area contributed by atoms with E-state index in [2.05, 4.69) is 11.9 Å². The van der Waals surface area contributed by atoms with Gasteiger partial charge in [-0.3, -0.25) is 4.79 Å². The van der Waals surface area contributed by atoms with Crippen molar-refractivity contribution < 1.29 is 14.3 Å². The highest BCUT2D eigenvalue weighted by atomic mass is 16.5. The van der Waals surface area contributed by atoms with E-state index in [0.717, 1.165) is 5.56 Å². The van der Waals surface area contributed by atoms with E-state index in [1.165, 1.54) is 5.56 Å². The molecule has 0 bridgehead atoms. The maximum Gasteiger partial charge on any atom is 0.265 e. The number of benzene rings is 2. The van der Waals surface area contributed by atoms with Crippen LogP contribution in [0.1, 0.15) is 24.5 Å². The second-order valence-electron chi connectivity index (χ2n) is 5.88. The Bertz CT molecular complexity index is 740. The molecule has 0 saturated heterocycles. The summed E-state index contributed by atoms with van der Waals surface area (Å²) in [5.74, 6) is 1.20. The van der Waals surface area contributed by atoms with E-state index in [0.29, 0.717) is 30.2 Å². The summed E-state index contributed by atoms with van der Waals surface area (Å²) in [4.78, 5) is 12.5. The van der Waals surface area contributed by atoms with Gasteiger partial charge < -0.3 is 14.8 Å². The summed E-state index contributed by atoms with van der Waals surface area (Å²) >= 11 is 0. The summed E-state index contributed by atoms with van der Waals surface area (Å²) in [6.45, 7) is 10.0. The van der Waals surface area contributed by atoms with Crippen molar-refractivity contribution in [1.29, 1.82) is 0 Å². The minimum absolute atomic E-state index is 0.179. The molecule has 1 atom stereocenters. The average molecular weight is 339 g/mol. The molecule has 2 rings (SSSR count). The lowest BCUT2D eigenvalue weighted by Gasteiger charge is -2.18. The van der Waals surface area contributed by atoms with E-state index < -0.39 is 6.10 Å². The van der Waals surface area contributed by atoms with E-state index in [-0.39, 0.29) is 5.91 Å². The van der Waals surface area contributed by atoms with Crippen molar-refractivity contribution in [2.24, 2.45) is 0 Å². The van der Waals surface area contributed by atoms with E-state index in [1.54, 1.807) is 12.1 Å². The van der Waals surface area contributed by atoms with E-state index in [9.17, 15) is 4.79 Å². The van der Waals surface area contributed by atoms with Crippen LogP contribution in [0.15, 0.2) is 55.1 Å². The monoisotopic (exact) mass is 339 g/mol. The van der Waals surface area contributed by atoms with Crippen molar-refractivity contribution in [3.63, 3.8) is 0 Å². The quantitative estimate of drug-likeness (QED) is 0.711. The molecule has 0 aromatic heterocycles. The SMILES string of the molecule is C=CCOc1cccc(NC(=O)[C@H](CC)Oc2ccc(C)c(C)c2)c1. The van der Waals surface area contributed by atoms with Gasteiger partial charge in [0.05, 0.1) is 0 Å². The maximum absolute atomic E-state index is 12.5. The van der Waals surface area contributed by atoms with Crippen molar-refractivity contribution >= 4 is 11.6 Å². The van der Waals surface area contributed by atoms with Crippen molar-refractivity contribution in [3.05, 3.63) is 66.2 Å². The fourth-order valence-corrected chi connectivity index (χ4v) is 2.32. The fraction of sp³-hybridized carbons (Fsp3) is 0.286. The normalized spacial score (nSPS) is 11.5. The zero-order valence-electron chi connectivity index (χ0n) is 15.0. The Balaban J connectivity index is 2.04. The molecule has 0 heterocycles. The first kappa shape index (κ1) is 18.6. The summed E-state index contributed by atoms with van der Waals surface area (Å²) in [6.07, 6.45) is 1.70. The predicted octanol–water partition coefficient (Wildman–Crippen LogP) is 4.66. The molecule has 132 valence electrons. The van der Waals surface area contributed by atoms with Crippen molar-refractivity contribution in [2.45, 2.75) is 33.3 Å². The lowest BCUT2D eigenvalue weighted by Crippen LogP contribution is -2.32. The first-order chi connectivity index (χ1) is 12.0. The molecule has 0 radical (unpaired) electrons. The van der Waals surface area contributed by atoms with Gasteiger partial charge in [-0.1, -0.05) is 31.7 Å². The van der Waals surface area contributed by atoms with E-state index in [4.69, 9.17) is 9.47 Å². The highest BCUT2D eigenvalue weighted by Gasteiger charge is 2.19. The lowest BCUT2D eigenvalue weighted by atomic mass is 10.1. The molecule has 0 saturated carbocycles. The van der Waals surface area contributed by atoms with E-state index >= 15 is 0 Å². The van der Waals surface area contributed by atoms with E-state index in [1.807, 2.05) is 57.2 Å². The number of aryl methyl sites for hydroxylation is 2. The first-order valence-electron chi connectivity index (χ1n) is 8.42. The van der Waals surface area contributed by atoms with Crippen molar-refractivity contribution in [1.82, 2.24) is 0 Å². The van der Waals surface area contributed by atoms with Gasteiger partial charge in [0.1, 0.15) is 18.1 Å². The smallest absolute Gasteiger partial charge is 0.265 e. The molecule has 0 aliphatic heterocycles. The van der Waals surface area contributed by atoms with Crippen molar-refractivity contribution in [3.8, 4) is 11.5 Å².